The Labute approximate surface area is 121 Å². The molecule has 2 rings (SSSR count). The molecule has 2 amide bonds. The smallest absolute Gasteiger partial charge is 0.250 e. The summed E-state index contributed by atoms with van der Waals surface area (Å²) >= 11 is 3.45. The number of amides is 2. The molecule has 5 heteroatoms. The predicted octanol–water partition coefficient (Wildman–Crippen LogP) is 2.47. The van der Waals surface area contributed by atoms with Crippen LogP contribution in [0.2, 0.25) is 0 Å². The third kappa shape index (κ3) is 2.52. The van der Waals surface area contributed by atoms with Crippen LogP contribution in [-0.4, -0.2) is 23.9 Å². The number of piperazine rings is 1. The highest BCUT2D eigenvalue weighted by Gasteiger charge is 2.40. The molecular formula is C14H17BrN2O2. The molecule has 2 unspecified atom stereocenters. The number of rotatable bonds is 3. The number of halogens is 1. The molecule has 1 fully saturated rings. The van der Waals surface area contributed by atoms with Crippen LogP contribution in [-0.2, 0) is 9.59 Å². The summed E-state index contributed by atoms with van der Waals surface area (Å²) < 4.78 is 0.825. The SMILES string of the molecule is CCC1NC(=O)C(CC)N(c2ccccc2Br)C1=O. The van der Waals surface area contributed by atoms with E-state index in [4.69, 9.17) is 0 Å². The molecule has 1 saturated heterocycles. The van der Waals surface area contributed by atoms with Crippen molar-refractivity contribution < 1.29 is 9.59 Å². The average molecular weight is 325 g/mol. The maximum atomic E-state index is 12.5. The molecule has 1 heterocycles. The molecule has 2 atom stereocenters. The first kappa shape index (κ1) is 14.1. The Hall–Kier alpha value is -1.36. The summed E-state index contributed by atoms with van der Waals surface area (Å²) in [6.45, 7) is 3.81. The van der Waals surface area contributed by atoms with Crippen LogP contribution in [0.1, 0.15) is 26.7 Å². The molecule has 1 aromatic carbocycles. The summed E-state index contributed by atoms with van der Waals surface area (Å²) in [5.74, 6) is -0.120. The number of hydrogen-bond acceptors (Lipinski definition) is 2. The first-order chi connectivity index (χ1) is 9.10. The monoisotopic (exact) mass is 324 g/mol. The summed E-state index contributed by atoms with van der Waals surface area (Å²) in [6, 6.07) is 6.63. The van der Waals surface area contributed by atoms with Crippen LogP contribution >= 0.6 is 15.9 Å². The lowest BCUT2D eigenvalue weighted by molar-refractivity contribution is -0.134. The van der Waals surface area contributed by atoms with Gasteiger partial charge in [0.15, 0.2) is 0 Å². The van der Waals surface area contributed by atoms with Gasteiger partial charge in [-0.15, -0.1) is 0 Å². The number of para-hydroxylation sites is 1. The Kier molecular flexibility index (Phi) is 4.24. The van der Waals surface area contributed by atoms with Crippen LogP contribution in [0.5, 0.6) is 0 Å². The molecule has 0 saturated carbocycles. The molecule has 1 aliphatic rings. The van der Waals surface area contributed by atoms with E-state index < -0.39 is 12.1 Å². The average Bonchev–Trinajstić information content (AvgIpc) is 2.41. The zero-order valence-corrected chi connectivity index (χ0v) is 12.6. The molecule has 0 spiro atoms. The molecule has 0 radical (unpaired) electrons. The maximum Gasteiger partial charge on any atom is 0.250 e. The fourth-order valence-electron chi connectivity index (χ4n) is 2.35. The van der Waals surface area contributed by atoms with Crippen molar-refractivity contribution in [3.05, 3.63) is 28.7 Å². The molecule has 19 heavy (non-hydrogen) atoms. The lowest BCUT2D eigenvalue weighted by Gasteiger charge is -2.38. The summed E-state index contributed by atoms with van der Waals surface area (Å²) in [5.41, 5.74) is 0.757. The minimum absolute atomic E-state index is 0.0409. The van der Waals surface area contributed by atoms with Crippen LogP contribution in [0.3, 0.4) is 0 Å². The van der Waals surface area contributed by atoms with Crippen molar-refractivity contribution in [3.63, 3.8) is 0 Å². The molecule has 0 bridgehead atoms. The Morgan fingerprint density at radius 2 is 1.89 bits per heavy atom. The second kappa shape index (κ2) is 5.74. The number of anilines is 1. The third-order valence-corrected chi connectivity index (χ3v) is 4.04. The van der Waals surface area contributed by atoms with Gasteiger partial charge in [0, 0.05) is 4.47 Å². The zero-order valence-electron chi connectivity index (χ0n) is 11.0. The lowest BCUT2D eigenvalue weighted by atomic mass is 10.0. The third-order valence-electron chi connectivity index (χ3n) is 3.37. The molecule has 1 N–H and O–H groups in total. The van der Waals surface area contributed by atoms with Gasteiger partial charge in [0.05, 0.1) is 5.69 Å². The number of benzene rings is 1. The van der Waals surface area contributed by atoms with E-state index >= 15 is 0 Å². The van der Waals surface area contributed by atoms with Gasteiger partial charge in [-0.05, 0) is 40.9 Å². The number of hydrogen-bond donors (Lipinski definition) is 1. The topological polar surface area (TPSA) is 49.4 Å². The molecule has 4 nitrogen and oxygen atoms in total. The fraction of sp³-hybridized carbons (Fsp3) is 0.429. The first-order valence-corrected chi connectivity index (χ1v) is 7.27. The van der Waals surface area contributed by atoms with E-state index in [-0.39, 0.29) is 11.8 Å². The van der Waals surface area contributed by atoms with E-state index in [0.717, 1.165) is 10.2 Å². The van der Waals surface area contributed by atoms with Crippen molar-refractivity contribution in [1.29, 1.82) is 0 Å². The quantitative estimate of drug-likeness (QED) is 0.928. The predicted molar refractivity (Wildman–Crippen MR) is 77.9 cm³/mol. The van der Waals surface area contributed by atoms with Gasteiger partial charge in [-0.2, -0.15) is 0 Å². The van der Waals surface area contributed by atoms with Gasteiger partial charge >= 0.3 is 0 Å². The van der Waals surface area contributed by atoms with Crippen molar-refractivity contribution in [3.8, 4) is 0 Å². The molecule has 1 aliphatic heterocycles. The van der Waals surface area contributed by atoms with Crippen LogP contribution < -0.4 is 10.2 Å². The molecule has 0 aliphatic carbocycles. The van der Waals surface area contributed by atoms with Crippen LogP contribution in [0, 0.1) is 0 Å². The van der Waals surface area contributed by atoms with E-state index in [2.05, 4.69) is 21.2 Å². The van der Waals surface area contributed by atoms with Crippen molar-refractivity contribution in [1.82, 2.24) is 5.32 Å². The minimum Gasteiger partial charge on any atom is -0.342 e. The number of carbonyl (C=O) groups is 2. The van der Waals surface area contributed by atoms with Gasteiger partial charge in [-0.3, -0.25) is 14.5 Å². The molecule has 1 aromatic rings. The molecule has 0 aromatic heterocycles. The van der Waals surface area contributed by atoms with Gasteiger partial charge in [-0.25, -0.2) is 0 Å². The lowest BCUT2D eigenvalue weighted by Crippen LogP contribution is -2.63. The summed E-state index contributed by atoms with van der Waals surface area (Å²) in [6.07, 6.45) is 1.19. The molecular weight excluding hydrogens is 308 g/mol. The normalized spacial score (nSPS) is 23.4. The van der Waals surface area contributed by atoms with Crippen LogP contribution in [0.15, 0.2) is 28.7 Å². The number of nitrogens with zero attached hydrogens (tertiary/aromatic N) is 1. The van der Waals surface area contributed by atoms with Gasteiger partial charge in [0.1, 0.15) is 12.1 Å². The summed E-state index contributed by atoms with van der Waals surface area (Å²) in [4.78, 5) is 26.3. The zero-order chi connectivity index (χ0) is 14.0. The van der Waals surface area contributed by atoms with Crippen molar-refractivity contribution in [2.24, 2.45) is 0 Å². The van der Waals surface area contributed by atoms with Crippen molar-refractivity contribution in [2.75, 3.05) is 4.90 Å². The number of nitrogens with one attached hydrogen (secondary N) is 1. The number of carbonyl (C=O) groups excluding carboxylic acids is 2. The van der Waals surface area contributed by atoms with E-state index in [1.54, 1.807) is 4.90 Å². The Morgan fingerprint density at radius 3 is 2.47 bits per heavy atom. The van der Waals surface area contributed by atoms with Crippen molar-refractivity contribution in [2.45, 2.75) is 38.8 Å². The van der Waals surface area contributed by atoms with E-state index in [0.29, 0.717) is 12.8 Å². The molecule has 102 valence electrons. The minimum atomic E-state index is -0.436. The Balaban J connectivity index is 2.46. The highest BCUT2D eigenvalue weighted by atomic mass is 79.9. The second-order valence-electron chi connectivity index (χ2n) is 4.55. The highest BCUT2D eigenvalue weighted by molar-refractivity contribution is 9.10. The standard InChI is InChI=1S/C14H17BrN2O2/c1-3-10-14(19)17(11(4-2)13(18)16-10)12-8-6-5-7-9(12)15/h5-8,10-11H,3-4H2,1-2H3,(H,16,18). The van der Waals surface area contributed by atoms with Gasteiger partial charge in [-0.1, -0.05) is 26.0 Å². The van der Waals surface area contributed by atoms with E-state index in [9.17, 15) is 9.59 Å². The maximum absolute atomic E-state index is 12.5. The Bertz CT molecular complexity index is 504. The summed E-state index contributed by atoms with van der Waals surface area (Å²) in [7, 11) is 0. The van der Waals surface area contributed by atoms with Gasteiger partial charge in [0.2, 0.25) is 11.8 Å². The van der Waals surface area contributed by atoms with E-state index in [1.807, 2.05) is 38.1 Å². The van der Waals surface area contributed by atoms with Crippen molar-refractivity contribution >= 4 is 33.4 Å². The summed E-state index contributed by atoms with van der Waals surface area (Å²) in [5, 5.41) is 2.79. The Morgan fingerprint density at radius 1 is 1.21 bits per heavy atom. The van der Waals surface area contributed by atoms with Crippen LogP contribution in [0.4, 0.5) is 5.69 Å². The highest BCUT2D eigenvalue weighted by Crippen LogP contribution is 2.30. The largest absolute Gasteiger partial charge is 0.342 e. The second-order valence-corrected chi connectivity index (χ2v) is 5.41. The van der Waals surface area contributed by atoms with Gasteiger partial charge in [0.25, 0.3) is 0 Å². The van der Waals surface area contributed by atoms with E-state index in [1.165, 1.54) is 0 Å². The van der Waals surface area contributed by atoms with Crippen LogP contribution in [0.25, 0.3) is 0 Å². The first-order valence-electron chi connectivity index (χ1n) is 6.48. The fourth-order valence-corrected chi connectivity index (χ4v) is 2.82. The van der Waals surface area contributed by atoms with Gasteiger partial charge < -0.3 is 5.32 Å².